The molecule has 3 aromatic rings. The van der Waals surface area contributed by atoms with E-state index in [1.54, 1.807) is 18.2 Å². The van der Waals surface area contributed by atoms with Crippen molar-refractivity contribution >= 4 is 23.1 Å². The molecule has 0 bridgehead atoms. The predicted molar refractivity (Wildman–Crippen MR) is 103 cm³/mol. The van der Waals surface area contributed by atoms with Crippen LogP contribution in [0, 0.1) is 0 Å². The summed E-state index contributed by atoms with van der Waals surface area (Å²) in [6.45, 7) is 0.573. The zero-order valence-electron chi connectivity index (χ0n) is 14.3. The van der Waals surface area contributed by atoms with Gasteiger partial charge in [0.2, 0.25) is 6.79 Å². The van der Waals surface area contributed by atoms with Gasteiger partial charge in [0.1, 0.15) is 6.10 Å². The number of ether oxygens (including phenoxy) is 2. The third-order valence-electron chi connectivity index (χ3n) is 4.12. The fraction of sp³-hybridized carbons (Fsp3) is 0.150. The van der Waals surface area contributed by atoms with Crippen molar-refractivity contribution < 1.29 is 19.4 Å². The summed E-state index contributed by atoms with van der Waals surface area (Å²) in [4.78, 5) is 13.9. The molecule has 1 aromatic heterocycles. The van der Waals surface area contributed by atoms with Crippen LogP contribution in [-0.2, 0) is 6.54 Å². The van der Waals surface area contributed by atoms with Crippen molar-refractivity contribution in [1.29, 1.82) is 0 Å². The summed E-state index contributed by atoms with van der Waals surface area (Å²) in [6.07, 6.45) is -0.660. The summed E-state index contributed by atoms with van der Waals surface area (Å²) in [7, 11) is 0. The number of carbonyl (C=O) groups is 1. The Bertz CT molecular complexity index is 942. The van der Waals surface area contributed by atoms with Crippen molar-refractivity contribution in [3.05, 3.63) is 76.0 Å². The van der Waals surface area contributed by atoms with Crippen LogP contribution >= 0.6 is 11.3 Å². The standard InChI is InChI=1S/C20H18N2O4S/c23-19(13-4-2-1-3-5-13)18-9-7-15(27-18)11-21-20(24)22-14-6-8-16-17(10-14)26-12-25-16/h1-10,19,23H,11-12H2,(H2,21,22,24). The Morgan fingerprint density at radius 1 is 1.07 bits per heavy atom. The van der Waals surface area contributed by atoms with E-state index >= 15 is 0 Å². The third-order valence-corrected chi connectivity index (χ3v) is 5.26. The first-order valence-corrected chi connectivity index (χ1v) is 9.27. The van der Waals surface area contributed by atoms with Gasteiger partial charge in [-0.05, 0) is 29.8 Å². The highest BCUT2D eigenvalue weighted by Gasteiger charge is 2.15. The number of amides is 2. The number of aliphatic hydroxyl groups is 1. The number of hydrogen-bond donors (Lipinski definition) is 3. The van der Waals surface area contributed by atoms with Gasteiger partial charge in [-0.15, -0.1) is 11.3 Å². The first-order valence-electron chi connectivity index (χ1n) is 8.45. The van der Waals surface area contributed by atoms with Crippen LogP contribution < -0.4 is 20.1 Å². The molecule has 27 heavy (non-hydrogen) atoms. The molecule has 3 N–H and O–H groups in total. The second kappa shape index (κ2) is 7.69. The number of carbonyl (C=O) groups excluding carboxylic acids is 1. The highest BCUT2D eigenvalue weighted by molar-refractivity contribution is 7.12. The van der Waals surface area contributed by atoms with Gasteiger partial charge in [-0.1, -0.05) is 30.3 Å². The number of hydrogen-bond acceptors (Lipinski definition) is 5. The van der Waals surface area contributed by atoms with Crippen LogP contribution in [0.3, 0.4) is 0 Å². The van der Waals surface area contributed by atoms with Crippen molar-refractivity contribution in [3.63, 3.8) is 0 Å². The fourth-order valence-electron chi connectivity index (χ4n) is 2.75. The number of fused-ring (bicyclic) bond motifs is 1. The Morgan fingerprint density at radius 2 is 1.89 bits per heavy atom. The molecule has 0 saturated carbocycles. The van der Waals surface area contributed by atoms with Gasteiger partial charge in [0.15, 0.2) is 11.5 Å². The van der Waals surface area contributed by atoms with Crippen molar-refractivity contribution in [3.8, 4) is 11.5 Å². The van der Waals surface area contributed by atoms with Gasteiger partial charge in [0.05, 0.1) is 6.54 Å². The Morgan fingerprint density at radius 3 is 2.74 bits per heavy atom. The van der Waals surface area contributed by atoms with Crippen LogP contribution in [0.25, 0.3) is 0 Å². The second-order valence-electron chi connectivity index (χ2n) is 5.99. The van der Waals surface area contributed by atoms with E-state index in [9.17, 15) is 9.90 Å². The summed E-state index contributed by atoms with van der Waals surface area (Å²) < 4.78 is 10.5. The van der Waals surface area contributed by atoms with Crippen LogP contribution in [0.1, 0.15) is 21.4 Å². The van der Waals surface area contributed by atoms with Gasteiger partial charge in [0, 0.05) is 21.5 Å². The molecule has 1 unspecified atom stereocenters. The smallest absolute Gasteiger partial charge is 0.319 e. The van der Waals surface area contributed by atoms with Crippen molar-refractivity contribution in [2.45, 2.75) is 12.6 Å². The number of urea groups is 1. The highest BCUT2D eigenvalue weighted by Crippen LogP contribution is 2.34. The van der Waals surface area contributed by atoms with E-state index in [2.05, 4.69) is 10.6 Å². The molecule has 1 atom stereocenters. The zero-order valence-corrected chi connectivity index (χ0v) is 15.2. The molecule has 2 aromatic carbocycles. The molecule has 2 amide bonds. The van der Waals surface area contributed by atoms with E-state index in [0.29, 0.717) is 23.7 Å². The number of benzene rings is 2. The van der Waals surface area contributed by atoms with Crippen molar-refractivity contribution in [2.24, 2.45) is 0 Å². The lowest BCUT2D eigenvalue weighted by Gasteiger charge is -2.09. The van der Waals surface area contributed by atoms with Crippen molar-refractivity contribution in [2.75, 3.05) is 12.1 Å². The quantitative estimate of drug-likeness (QED) is 0.626. The molecular weight excluding hydrogens is 364 g/mol. The number of aliphatic hydroxyl groups excluding tert-OH is 1. The predicted octanol–water partition coefficient (Wildman–Crippen LogP) is 3.88. The summed E-state index contributed by atoms with van der Waals surface area (Å²) in [5.74, 6) is 1.29. The van der Waals surface area contributed by atoms with Gasteiger partial charge in [0.25, 0.3) is 0 Å². The SMILES string of the molecule is O=C(NCc1ccc(C(O)c2ccccc2)s1)Nc1ccc2c(c1)OCO2. The minimum atomic E-state index is -0.660. The molecule has 0 saturated heterocycles. The molecule has 6 nitrogen and oxygen atoms in total. The molecular formula is C20H18N2O4S. The molecule has 0 radical (unpaired) electrons. The lowest BCUT2D eigenvalue weighted by atomic mass is 10.1. The lowest BCUT2D eigenvalue weighted by molar-refractivity contribution is 0.174. The Labute approximate surface area is 160 Å². The first kappa shape index (κ1) is 17.4. The molecule has 0 fully saturated rings. The minimum Gasteiger partial charge on any atom is -0.454 e. The summed E-state index contributed by atoms with van der Waals surface area (Å²) in [5, 5.41) is 16.0. The maximum atomic E-state index is 12.1. The van der Waals surface area contributed by atoms with Gasteiger partial charge < -0.3 is 25.2 Å². The van der Waals surface area contributed by atoms with Crippen LogP contribution in [0.5, 0.6) is 11.5 Å². The molecule has 1 aliphatic heterocycles. The van der Waals surface area contributed by atoms with E-state index in [-0.39, 0.29) is 12.8 Å². The lowest BCUT2D eigenvalue weighted by Crippen LogP contribution is -2.27. The van der Waals surface area contributed by atoms with Gasteiger partial charge in [-0.3, -0.25) is 0 Å². The zero-order chi connectivity index (χ0) is 18.6. The Hall–Kier alpha value is -3.03. The topological polar surface area (TPSA) is 79.8 Å². The normalized spacial score (nSPS) is 13.2. The van der Waals surface area contributed by atoms with Crippen LogP contribution in [0.4, 0.5) is 10.5 Å². The maximum absolute atomic E-state index is 12.1. The molecule has 4 rings (SSSR count). The van der Waals surface area contributed by atoms with Gasteiger partial charge in [-0.25, -0.2) is 4.79 Å². The third kappa shape index (κ3) is 4.05. The number of rotatable bonds is 5. The van der Waals surface area contributed by atoms with E-state index in [1.165, 1.54) is 11.3 Å². The average Bonchev–Trinajstić information content (AvgIpc) is 3.35. The van der Waals surface area contributed by atoms with Gasteiger partial charge in [-0.2, -0.15) is 0 Å². The van der Waals surface area contributed by atoms with E-state index in [0.717, 1.165) is 15.3 Å². The number of anilines is 1. The van der Waals surface area contributed by atoms with Crippen molar-refractivity contribution in [1.82, 2.24) is 5.32 Å². The Kier molecular flexibility index (Phi) is 4.95. The Balaban J connectivity index is 1.32. The second-order valence-corrected chi connectivity index (χ2v) is 7.19. The average molecular weight is 382 g/mol. The van der Waals surface area contributed by atoms with E-state index in [4.69, 9.17) is 9.47 Å². The summed E-state index contributed by atoms with van der Waals surface area (Å²) >= 11 is 1.47. The molecule has 2 heterocycles. The monoisotopic (exact) mass is 382 g/mol. The first-order chi connectivity index (χ1) is 13.2. The molecule has 0 aliphatic carbocycles. The highest BCUT2D eigenvalue weighted by atomic mass is 32.1. The number of thiophene rings is 1. The summed E-state index contributed by atoms with van der Waals surface area (Å²) in [5.41, 5.74) is 1.47. The van der Waals surface area contributed by atoms with Crippen LogP contribution in [-0.4, -0.2) is 17.9 Å². The molecule has 1 aliphatic rings. The molecule has 7 heteroatoms. The molecule has 0 spiro atoms. The van der Waals surface area contributed by atoms with E-state index in [1.807, 2.05) is 42.5 Å². The largest absolute Gasteiger partial charge is 0.454 e. The molecule has 138 valence electrons. The fourth-order valence-corrected chi connectivity index (χ4v) is 3.72. The van der Waals surface area contributed by atoms with Crippen LogP contribution in [0.15, 0.2) is 60.7 Å². The maximum Gasteiger partial charge on any atom is 0.319 e. The van der Waals surface area contributed by atoms with Gasteiger partial charge >= 0.3 is 6.03 Å². The van der Waals surface area contributed by atoms with E-state index < -0.39 is 6.10 Å². The summed E-state index contributed by atoms with van der Waals surface area (Å²) in [6, 6.07) is 18.2. The minimum absolute atomic E-state index is 0.195. The number of nitrogens with one attached hydrogen (secondary N) is 2. The van der Waals surface area contributed by atoms with Crippen LogP contribution in [0.2, 0.25) is 0 Å².